The van der Waals surface area contributed by atoms with Crippen molar-refractivity contribution in [2.24, 2.45) is 0 Å². The van der Waals surface area contributed by atoms with E-state index in [4.69, 9.17) is 0 Å². The zero-order chi connectivity index (χ0) is 22.8. The van der Waals surface area contributed by atoms with E-state index in [-0.39, 0.29) is 41.0 Å². The van der Waals surface area contributed by atoms with E-state index in [1.54, 1.807) is 9.58 Å². The van der Waals surface area contributed by atoms with Gasteiger partial charge in [0.05, 0.1) is 16.2 Å². The molecule has 12 heteroatoms. The lowest BCUT2D eigenvalue weighted by Crippen LogP contribution is -2.51. The van der Waals surface area contributed by atoms with E-state index >= 15 is 0 Å². The van der Waals surface area contributed by atoms with Crippen molar-refractivity contribution in [3.63, 3.8) is 0 Å². The van der Waals surface area contributed by atoms with Crippen molar-refractivity contribution in [2.45, 2.75) is 43.3 Å². The molecule has 31 heavy (non-hydrogen) atoms. The Morgan fingerprint density at radius 1 is 1.06 bits per heavy atom. The molecular formula is C19H26N6O4S2. The maximum absolute atomic E-state index is 12.9. The van der Waals surface area contributed by atoms with E-state index < -0.39 is 10.0 Å². The molecule has 1 aromatic carbocycles. The average Bonchev–Trinajstić information content (AvgIpc) is 3.21. The van der Waals surface area contributed by atoms with Gasteiger partial charge in [0.15, 0.2) is 5.78 Å². The summed E-state index contributed by atoms with van der Waals surface area (Å²) >= 11 is 1.27. The van der Waals surface area contributed by atoms with Gasteiger partial charge in [-0.05, 0) is 50.3 Å². The van der Waals surface area contributed by atoms with Gasteiger partial charge in [-0.25, -0.2) is 13.1 Å². The van der Waals surface area contributed by atoms with Crippen molar-refractivity contribution in [3.05, 3.63) is 29.8 Å². The number of carbonyl (C=O) groups is 2. The number of carbonyl (C=O) groups excluding carboxylic acids is 2. The van der Waals surface area contributed by atoms with E-state index in [0.29, 0.717) is 23.8 Å². The number of amides is 1. The van der Waals surface area contributed by atoms with E-state index in [2.05, 4.69) is 15.5 Å². The first kappa shape index (κ1) is 23.4. The lowest BCUT2D eigenvalue weighted by atomic mass is 10.1. The topological polar surface area (TPSA) is 118 Å². The van der Waals surface area contributed by atoms with Crippen LogP contribution in [0.2, 0.25) is 0 Å². The minimum atomic E-state index is -3.67. The summed E-state index contributed by atoms with van der Waals surface area (Å²) in [5.41, 5.74) is 0.168. The first-order valence-corrected chi connectivity index (χ1v) is 12.2. The standard InChI is InChI=1S/C19H26N6O4S2/c1-14(26)15-5-7-16(8-6-15)31(28,29)24-11-9-23(10-12-24)17(27)13-30-18-20-21-22-25(18)19(2,3)4/h5-8H,9-13H2,1-4H3. The SMILES string of the molecule is CC(=O)c1ccc(S(=O)(=O)N2CCN(C(=O)CSc3nnnn3C(C)(C)C)CC2)cc1. The maximum atomic E-state index is 12.9. The van der Waals surface area contributed by atoms with Crippen molar-refractivity contribution < 1.29 is 18.0 Å². The smallest absolute Gasteiger partial charge is 0.243 e. The molecule has 2 heterocycles. The molecular weight excluding hydrogens is 440 g/mol. The van der Waals surface area contributed by atoms with Crippen LogP contribution in [-0.4, -0.2) is 81.5 Å². The number of rotatable bonds is 6. The van der Waals surface area contributed by atoms with Gasteiger partial charge in [0.25, 0.3) is 0 Å². The highest BCUT2D eigenvalue weighted by Crippen LogP contribution is 2.23. The molecule has 0 aliphatic carbocycles. The molecule has 2 aromatic rings. The number of ketones is 1. The van der Waals surface area contributed by atoms with Crippen molar-refractivity contribution in [1.82, 2.24) is 29.4 Å². The summed E-state index contributed by atoms with van der Waals surface area (Å²) in [6.07, 6.45) is 0. The van der Waals surface area contributed by atoms with Gasteiger partial charge in [0, 0.05) is 31.7 Å². The van der Waals surface area contributed by atoms with Crippen molar-refractivity contribution in [1.29, 1.82) is 0 Å². The van der Waals surface area contributed by atoms with Gasteiger partial charge < -0.3 is 4.90 Å². The van der Waals surface area contributed by atoms with Crippen LogP contribution < -0.4 is 0 Å². The number of piperazine rings is 1. The Morgan fingerprint density at radius 2 is 1.68 bits per heavy atom. The second-order valence-electron chi connectivity index (χ2n) is 8.20. The Labute approximate surface area is 186 Å². The number of Topliss-reactive ketones (excluding diaryl/α,β-unsaturated/α-hetero) is 1. The molecule has 0 radical (unpaired) electrons. The minimum Gasteiger partial charge on any atom is -0.339 e. The first-order chi connectivity index (χ1) is 14.5. The summed E-state index contributed by atoms with van der Waals surface area (Å²) in [6.45, 7) is 8.41. The number of nitrogens with zero attached hydrogens (tertiary/aromatic N) is 6. The third-order valence-corrected chi connectivity index (χ3v) is 7.71. The monoisotopic (exact) mass is 466 g/mol. The lowest BCUT2D eigenvalue weighted by Gasteiger charge is -2.34. The van der Waals surface area contributed by atoms with Crippen molar-refractivity contribution >= 4 is 33.5 Å². The molecule has 0 bridgehead atoms. The van der Waals surface area contributed by atoms with Gasteiger partial charge >= 0.3 is 0 Å². The van der Waals surface area contributed by atoms with Gasteiger partial charge in [0.2, 0.25) is 21.1 Å². The molecule has 1 aromatic heterocycles. The summed E-state index contributed by atoms with van der Waals surface area (Å²) in [4.78, 5) is 25.8. The number of aromatic nitrogens is 4. The van der Waals surface area contributed by atoms with E-state index in [1.807, 2.05) is 20.8 Å². The fraction of sp³-hybridized carbons (Fsp3) is 0.526. The second kappa shape index (κ2) is 9.05. The predicted molar refractivity (Wildman–Crippen MR) is 115 cm³/mol. The normalized spacial score (nSPS) is 15.8. The summed E-state index contributed by atoms with van der Waals surface area (Å²) in [5, 5.41) is 12.2. The first-order valence-electron chi connectivity index (χ1n) is 9.81. The Hall–Kier alpha value is -2.31. The van der Waals surface area contributed by atoms with Crippen LogP contribution in [0.3, 0.4) is 0 Å². The zero-order valence-corrected chi connectivity index (χ0v) is 19.6. The summed E-state index contributed by atoms with van der Waals surface area (Å²) in [6, 6.07) is 5.91. The van der Waals surface area contributed by atoms with E-state index in [9.17, 15) is 18.0 Å². The highest BCUT2D eigenvalue weighted by molar-refractivity contribution is 7.99. The number of hydrogen-bond acceptors (Lipinski definition) is 8. The molecule has 1 saturated heterocycles. The largest absolute Gasteiger partial charge is 0.339 e. The molecule has 0 N–H and O–H groups in total. The Balaban J connectivity index is 1.57. The highest BCUT2D eigenvalue weighted by atomic mass is 32.2. The summed E-state index contributed by atoms with van der Waals surface area (Å²) < 4.78 is 28.8. The highest BCUT2D eigenvalue weighted by Gasteiger charge is 2.30. The number of hydrogen-bond donors (Lipinski definition) is 0. The van der Waals surface area contributed by atoms with Gasteiger partial charge in [-0.3, -0.25) is 9.59 Å². The molecule has 1 fully saturated rings. The van der Waals surface area contributed by atoms with Crippen molar-refractivity contribution in [3.8, 4) is 0 Å². The van der Waals surface area contributed by atoms with Crippen LogP contribution >= 0.6 is 11.8 Å². The van der Waals surface area contributed by atoms with Crippen LogP contribution in [0, 0.1) is 0 Å². The Morgan fingerprint density at radius 3 is 2.23 bits per heavy atom. The molecule has 0 atom stereocenters. The average molecular weight is 467 g/mol. The molecule has 0 spiro atoms. The van der Waals surface area contributed by atoms with Gasteiger partial charge in [0.1, 0.15) is 0 Å². The molecule has 1 aliphatic rings. The molecule has 3 rings (SSSR count). The summed E-state index contributed by atoms with van der Waals surface area (Å²) in [5.74, 6) is -0.0304. The fourth-order valence-corrected chi connectivity index (χ4v) is 5.48. The van der Waals surface area contributed by atoms with Crippen LogP contribution in [0.4, 0.5) is 0 Å². The van der Waals surface area contributed by atoms with Crippen LogP contribution in [0.1, 0.15) is 38.1 Å². The fourth-order valence-electron chi connectivity index (χ4n) is 3.10. The molecule has 1 amide bonds. The van der Waals surface area contributed by atoms with Crippen LogP contribution in [-0.2, 0) is 20.4 Å². The number of tetrazole rings is 1. The van der Waals surface area contributed by atoms with Gasteiger partial charge in [-0.15, -0.1) is 5.10 Å². The number of thioether (sulfide) groups is 1. The molecule has 0 saturated carbocycles. The molecule has 1 aliphatic heterocycles. The quantitative estimate of drug-likeness (QED) is 0.461. The molecule has 0 unspecified atom stereocenters. The lowest BCUT2D eigenvalue weighted by molar-refractivity contribution is -0.129. The second-order valence-corrected chi connectivity index (χ2v) is 11.1. The Kier molecular flexibility index (Phi) is 6.82. The molecule has 10 nitrogen and oxygen atoms in total. The van der Waals surface area contributed by atoms with E-state index in [1.165, 1.54) is 47.3 Å². The van der Waals surface area contributed by atoms with Crippen LogP contribution in [0.5, 0.6) is 0 Å². The maximum Gasteiger partial charge on any atom is 0.243 e. The van der Waals surface area contributed by atoms with Crippen molar-refractivity contribution in [2.75, 3.05) is 31.9 Å². The third-order valence-electron chi connectivity index (χ3n) is 4.89. The summed E-state index contributed by atoms with van der Waals surface area (Å²) in [7, 11) is -3.67. The van der Waals surface area contributed by atoms with Gasteiger partial charge in [-0.1, -0.05) is 23.9 Å². The third kappa shape index (κ3) is 5.31. The Bertz CT molecular complexity index is 1050. The number of sulfonamides is 1. The van der Waals surface area contributed by atoms with Crippen LogP contribution in [0.25, 0.3) is 0 Å². The van der Waals surface area contributed by atoms with Gasteiger partial charge in [-0.2, -0.15) is 4.31 Å². The number of benzene rings is 1. The zero-order valence-electron chi connectivity index (χ0n) is 18.0. The van der Waals surface area contributed by atoms with E-state index in [0.717, 1.165) is 0 Å². The molecule has 168 valence electrons. The predicted octanol–water partition coefficient (Wildman–Crippen LogP) is 1.26. The minimum absolute atomic E-state index is 0.0867. The van der Waals surface area contributed by atoms with Crippen LogP contribution in [0.15, 0.2) is 34.3 Å².